The Morgan fingerprint density at radius 3 is 2.53 bits per heavy atom. The lowest BCUT2D eigenvalue weighted by atomic mass is 10.0. The second kappa shape index (κ2) is 6.71. The summed E-state index contributed by atoms with van der Waals surface area (Å²) in [6.07, 6.45) is 0.931. The molecule has 1 amide bonds. The van der Waals surface area contributed by atoms with Crippen molar-refractivity contribution in [1.29, 1.82) is 0 Å². The molecule has 0 aliphatic rings. The Bertz CT molecular complexity index is 427. The van der Waals surface area contributed by atoms with Gasteiger partial charge < -0.3 is 5.32 Å². The Kier molecular flexibility index (Phi) is 5.55. The molecular weight excluding hydrogens is 236 g/mol. The third-order valence-electron chi connectivity index (χ3n) is 3.48. The van der Waals surface area contributed by atoms with Gasteiger partial charge >= 0.3 is 0 Å². The Morgan fingerprint density at radius 2 is 1.95 bits per heavy atom. The van der Waals surface area contributed by atoms with Crippen LogP contribution in [-0.2, 0) is 11.3 Å². The van der Waals surface area contributed by atoms with Crippen molar-refractivity contribution in [3.63, 3.8) is 0 Å². The van der Waals surface area contributed by atoms with Crippen molar-refractivity contribution in [3.8, 4) is 0 Å². The zero-order chi connectivity index (χ0) is 14.5. The molecule has 0 aliphatic carbocycles. The van der Waals surface area contributed by atoms with Gasteiger partial charge in [-0.3, -0.25) is 9.69 Å². The maximum Gasteiger partial charge on any atom is 0.234 e. The second-order valence-corrected chi connectivity index (χ2v) is 5.88. The van der Waals surface area contributed by atoms with E-state index in [0.717, 1.165) is 13.0 Å². The van der Waals surface area contributed by atoms with Gasteiger partial charge in [-0.05, 0) is 45.4 Å². The number of aryl methyl sites for hydroxylation is 1. The first-order valence-corrected chi connectivity index (χ1v) is 6.88. The van der Waals surface area contributed by atoms with E-state index in [1.807, 2.05) is 37.9 Å². The molecule has 0 heterocycles. The summed E-state index contributed by atoms with van der Waals surface area (Å²) in [5, 5.41) is 3.06. The summed E-state index contributed by atoms with van der Waals surface area (Å²) >= 11 is 0. The Balaban J connectivity index is 2.50. The minimum absolute atomic E-state index is 0.0861. The quantitative estimate of drug-likeness (QED) is 0.855. The lowest BCUT2D eigenvalue weighted by Crippen LogP contribution is -2.46. The normalized spacial score (nSPS) is 11.7. The highest BCUT2D eigenvalue weighted by molar-refractivity contribution is 5.78. The van der Waals surface area contributed by atoms with E-state index < -0.39 is 0 Å². The number of rotatable bonds is 6. The van der Waals surface area contributed by atoms with Gasteiger partial charge in [-0.15, -0.1) is 0 Å². The molecule has 0 radical (unpaired) electrons. The van der Waals surface area contributed by atoms with Crippen molar-refractivity contribution in [1.82, 2.24) is 10.2 Å². The molecule has 0 unspecified atom stereocenters. The van der Waals surface area contributed by atoms with Gasteiger partial charge in [-0.1, -0.05) is 31.2 Å². The first-order valence-electron chi connectivity index (χ1n) is 6.88. The third kappa shape index (κ3) is 5.43. The maximum atomic E-state index is 12.0. The zero-order valence-corrected chi connectivity index (χ0v) is 12.8. The van der Waals surface area contributed by atoms with Crippen LogP contribution in [0.2, 0.25) is 0 Å². The van der Waals surface area contributed by atoms with Crippen LogP contribution in [0.1, 0.15) is 38.3 Å². The van der Waals surface area contributed by atoms with Crippen LogP contribution in [-0.4, -0.2) is 29.9 Å². The average Bonchev–Trinajstić information content (AvgIpc) is 2.31. The number of likely N-dealkylation sites (N-methyl/N-ethyl adjacent to an activating group) is 1. The number of benzene rings is 1. The monoisotopic (exact) mass is 262 g/mol. The largest absolute Gasteiger partial charge is 0.350 e. The topological polar surface area (TPSA) is 32.3 Å². The number of hydrogen-bond donors (Lipinski definition) is 1. The highest BCUT2D eigenvalue weighted by Crippen LogP contribution is 2.10. The fourth-order valence-electron chi connectivity index (χ4n) is 1.88. The highest BCUT2D eigenvalue weighted by atomic mass is 16.2. The van der Waals surface area contributed by atoms with Gasteiger partial charge in [0.1, 0.15) is 0 Å². The molecule has 0 bridgehead atoms. The maximum absolute atomic E-state index is 12.0. The third-order valence-corrected chi connectivity index (χ3v) is 3.48. The fourth-order valence-corrected chi connectivity index (χ4v) is 1.88. The van der Waals surface area contributed by atoms with Crippen molar-refractivity contribution in [2.45, 2.75) is 46.2 Å². The molecule has 0 saturated carbocycles. The summed E-state index contributed by atoms with van der Waals surface area (Å²) in [7, 11) is 1.98. The molecule has 106 valence electrons. The van der Waals surface area contributed by atoms with E-state index in [2.05, 4.69) is 31.3 Å². The fraction of sp³-hybridized carbons (Fsp3) is 0.562. The van der Waals surface area contributed by atoms with Gasteiger partial charge in [0, 0.05) is 12.1 Å². The van der Waals surface area contributed by atoms with Gasteiger partial charge in [0.15, 0.2) is 0 Å². The van der Waals surface area contributed by atoms with Crippen LogP contribution in [0.25, 0.3) is 0 Å². The molecular formula is C16H26N2O. The standard InChI is InChI=1S/C16H26N2O/c1-6-16(3,4)17-15(19)12-18(5)11-14-10-8-7-9-13(14)2/h7-10H,6,11-12H2,1-5H3,(H,17,19). The van der Waals surface area contributed by atoms with E-state index in [1.165, 1.54) is 11.1 Å². The van der Waals surface area contributed by atoms with Crippen molar-refractivity contribution >= 4 is 5.91 Å². The Hall–Kier alpha value is -1.35. The van der Waals surface area contributed by atoms with Crippen molar-refractivity contribution in [3.05, 3.63) is 35.4 Å². The summed E-state index contributed by atoms with van der Waals surface area (Å²) in [4.78, 5) is 14.0. The summed E-state index contributed by atoms with van der Waals surface area (Å²) in [6.45, 7) is 9.50. The zero-order valence-electron chi connectivity index (χ0n) is 12.8. The van der Waals surface area contributed by atoms with Gasteiger partial charge in [0.2, 0.25) is 5.91 Å². The predicted molar refractivity (Wildman–Crippen MR) is 80.0 cm³/mol. The molecule has 3 nitrogen and oxygen atoms in total. The molecule has 0 fully saturated rings. The smallest absolute Gasteiger partial charge is 0.234 e. The highest BCUT2D eigenvalue weighted by Gasteiger charge is 2.18. The van der Waals surface area contributed by atoms with Crippen LogP contribution in [0, 0.1) is 6.92 Å². The second-order valence-electron chi connectivity index (χ2n) is 5.88. The lowest BCUT2D eigenvalue weighted by molar-refractivity contribution is -0.123. The number of carbonyl (C=O) groups excluding carboxylic acids is 1. The molecule has 0 aliphatic heterocycles. The molecule has 19 heavy (non-hydrogen) atoms. The van der Waals surface area contributed by atoms with Gasteiger partial charge in [-0.25, -0.2) is 0 Å². The number of carbonyl (C=O) groups is 1. The molecule has 0 atom stereocenters. The molecule has 1 N–H and O–H groups in total. The van der Waals surface area contributed by atoms with Gasteiger partial charge in [0.05, 0.1) is 6.54 Å². The first-order chi connectivity index (χ1) is 8.84. The minimum Gasteiger partial charge on any atom is -0.350 e. The number of hydrogen-bond acceptors (Lipinski definition) is 2. The summed E-state index contributed by atoms with van der Waals surface area (Å²) in [5.41, 5.74) is 2.41. The van der Waals surface area contributed by atoms with E-state index in [0.29, 0.717) is 6.54 Å². The number of amides is 1. The van der Waals surface area contributed by atoms with Crippen LogP contribution >= 0.6 is 0 Å². The van der Waals surface area contributed by atoms with E-state index in [9.17, 15) is 4.79 Å². The van der Waals surface area contributed by atoms with Crippen LogP contribution in [0.4, 0.5) is 0 Å². The Labute approximate surface area is 117 Å². The summed E-state index contributed by atoms with van der Waals surface area (Å²) in [5.74, 6) is 0.0861. The van der Waals surface area contributed by atoms with E-state index >= 15 is 0 Å². The van der Waals surface area contributed by atoms with Gasteiger partial charge in [-0.2, -0.15) is 0 Å². The SMILES string of the molecule is CCC(C)(C)NC(=O)CN(C)Cc1ccccc1C. The van der Waals surface area contributed by atoms with Crippen LogP contribution in [0.5, 0.6) is 0 Å². The van der Waals surface area contributed by atoms with Crippen molar-refractivity contribution < 1.29 is 4.79 Å². The molecule has 3 heteroatoms. The van der Waals surface area contributed by atoms with E-state index in [-0.39, 0.29) is 11.4 Å². The van der Waals surface area contributed by atoms with Crippen LogP contribution < -0.4 is 5.32 Å². The average molecular weight is 262 g/mol. The van der Waals surface area contributed by atoms with Crippen molar-refractivity contribution in [2.75, 3.05) is 13.6 Å². The number of nitrogens with zero attached hydrogens (tertiary/aromatic N) is 1. The minimum atomic E-state index is -0.124. The first kappa shape index (κ1) is 15.7. The van der Waals surface area contributed by atoms with Crippen molar-refractivity contribution in [2.24, 2.45) is 0 Å². The molecule has 0 spiro atoms. The predicted octanol–water partition coefficient (Wildman–Crippen LogP) is 2.73. The number of nitrogens with one attached hydrogen (secondary N) is 1. The van der Waals surface area contributed by atoms with Crippen LogP contribution in [0.15, 0.2) is 24.3 Å². The van der Waals surface area contributed by atoms with Gasteiger partial charge in [0.25, 0.3) is 0 Å². The van der Waals surface area contributed by atoms with Crippen LogP contribution in [0.3, 0.4) is 0 Å². The van der Waals surface area contributed by atoms with E-state index in [4.69, 9.17) is 0 Å². The molecule has 1 aromatic carbocycles. The molecule has 0 saturated heterocycles. The van der Waals surface area contributed by atoms with E-state index in [1.54, 1.807) is 0 Å². The molecule has 1 rings (SSSR count). The lowest BCUT2D eigenvalue weighted by Gasteiger charge is -2.26. The summed E-state index contributed by atoms with van der Waals surface area (Å²) in [6, 6.07) is 8.29. The molecule has 1 aromatic rings. The molecule has 0 aromatic heterocycles. The summed E-state index contributed by atoms with van der Waals surface area (Å²) < 4.78 is 0. The Morgan fingerprint density at radius 1 is 1.32 bits per heavy atom.